The van der Waals surface area contributed by atoms with Gasteiger partial charge in [0, 0.05) is 47.2 Å². The Kier molecular flexibility index (Phi) is 4.06. The molecular formula is C25H20N8O. The van der Waals surface area contributed by atoms with Gasteiger partial charge in [-0.3, -0.25) is 10.1 Å². The van der Waals surface area contributed by atoms with Crippen molar-refractivity contribution >= 4 is 27.8 Å². The first-order chi connectivity index (χ1) is 16.7. The molecular weight excluding hydrogens is 428 g/mol. The molecule has 1 aromatic carbocycles. The number of anilines is 1. The average Bonchev–Trinajstić information content (AvgIpc) is 3.60. The Morgan fingerprint density at radius 3 is 2.82 bits per heavy atom. The van der Waals surface area contributed by atoms with Crippen LogP contribution in [0.1, 0.15) is 0 Å². The number of nitrogens with zero attached hydrogens (tertiary/aromatic N) is 5. The molecule has 1 aliphatic rings. The topological polar surface area (TPSA) is 126 Å². The van der Waals surface area contributed by atoms with E-state index >= 15 is 0 Å². The van der Waals surface area contributed by atoms with Gasteiger partial charge in [0.05, 0.1) is 41.8 Å². The van der Waals surface area contributed by atoms with Crippen molar-refractivity contribution in [2.45, 2.75) is 6.04 Å². The molecule has 0 bridgehead atoms. The van der Waals surface area contributed by atoms with Crippen LogP contribution in [0.15, 0.2) is 71.9 Å². The molecule has 1 aliphatic heterocycles. The molecule has 0 unspecified atom stereocenters. The number of hydrogen-bond donors (Lipinski definition) is 3. The maximum atomic E-state index is 5.93. The summed E-state index contributed by atoms with van der Waals surface area (Å²) in [6.07, 6.45) is 8.77. The van der Waals surface area contributed by atoms with Gasteiger partial charge in [-0.25, -0.2) is 9.97 Å². The lowest BCUT2D eigenvalue weighted by atomic mass is 10.1. The second-order valence-corrected chi connectivity index (χ2v) is 8.58. The summed E-state index contributed by atoms with van der Waals surface area (Å²) in [5.74, 6) is 0.847. The van der Waals surface area contributed by atoms with Crippen LogP contribution in [0, 0.1) is 0 Å². The number of benzene rings is 1. The number of nitrogens with two attached hydrogens (primary N) is 1. The van der Waals surface area contributed by atoms with E-state index in [-0.39, 0.29) is 6.04 Å². The zero-order chi connectivity index (χ0) is 22.6. The highest BCUT2D eigenvalue weighted by Gasteiger charge is 2.24. The van der Waals surface area contributed by atoms with Gasteiger partial charge in [-0.1, -0.05) is 6.07 Å². The number of aromatic amines is 2. The summed E-state index contributed by atoms with van der Waals surface area (Å²) in [5, 5.41) is 9.75. The first-order valence-electron chi connectivity index (χ1n) is 11.0. The van der Waals surface area contributed by atoms with E-state index in [9.17, 15) is 0 Å². The predicted octanol–water partition coefficient (Wildman–Crippen LogP) is 3.97. The van der Waals surface area contributed by atoms with Gasteiger partial charge in [-0.2, -0.15) is 5.10 Å². The van der Waals surface area contributed by atoms with E-state index in [0.29, 0.717) is 0 Å². The lowest BCUT2D eigenvalue weighted by Gasteiger charge is -2.37. The Labute approximate surface area is 193 Å². The molecule has 0 amide bonds. The summed E-state index contributed by atoms with van der Waals surface area (Å²) in [7, 11) is 0. The number of pyridine rings is 1. The van der Waals surface area contributed by atoms with Crippen molar-refractivity contribution in [2.75, 3.05) is 18.0 Å². The molecule has 0 aliphatic carbocycles. The zero-order valence-corrected chi connectivity index (χ0v) is 18.1. The predicted molar refractivity (Wildman–Crippen MR) is 130 cm³/mol. The Hall–Kier alpha value is -4.50. The zero-order valence-electron chi connectivity index (χ0n) is 18.1. The molecule has 4 N–H and O–H groups in total. The van der Waals surface area contributed by atoms with Crippen LogP contribution in [-0.4, -0.2) is 49.3 Å². The SMILES string of the molecule is NC1CN(c2cncc(-c3ccc4[nH]nc(-c5cc6c(-c7ccoc7)ccnc6[nH]5)c4c3)n2)C1. The molecule has 0 spiro atoms. The summed E-state index contributed by atoms with van der Waals surface area (Å²) < 4.78 is 5.28. The van der Waals surface area contributed by atoms with Gasteiger partial charge in [0.2, 0.25) is 0 Å². The molecule has 0 radical (unpaired) electrons. The van der Waals surface area contributed by atoms with Gasteiger partial charge >= 0.3 is 0 Å². The highest BCUT2D eigenvalue weighted by Crippen LogP contribution is 2.34. The minimum Gasteiger partial charge on any atom is -0.472 e. The van der Waals surface area contributed by atoms with E-state index in [0.717, 1.165) is 74.6 Å². The standard InChI is InChI=1S/C25H20N8O/c26-16-11-33(12-16)23-10-27-9-22(29-23)14-1-2-20-19(7-14)24(32-31-20)21-8-18-17(15-4-6-34-13-15)3-5-28-25(18)30-21/h1-10,13,16H,11-12,26H2,(H,28,30)(H,31,32). The fourth-order valence-electron chi connectivity index (χ4n) is 4.55. The summed E-state index contributed by atoms with van der Waals surface area (Å²) in [5.41, 5.74) is 13.2. The van der Waals surface area contributed by atoms with Crippen LogP contribution in [0.25, 0.3) is 55.7 Å². The average molecular weight is 448 g/mol. The van der Waals surface area contributed by atoms with E-state index in [1.807, 2.05) is 24.3 Å². The fourth-order valence-corrected chi connectivity index (χ4v) is 4.55. The first-order valence-corrected chi connectivity index (χ1v) is 11.0. The number of rotatable bonds is 4. The summed E-state index contributed by atoms with van der Waals surface area (Å²) >= 11 is 0. The van der Waals surface area contributed by atoms with Crippen LogP contribution in [-0.2, 0) is 0 Å². The van der Waals surface area contributed by atoms with Crippen molar-refractivity contribution < 1.29 is 4.42 Å². The van der Waals surface area contributed by atoms with Crippen LogP contribution in [0.4, 0.5) is 5.82 Å². The molecule has 9 nitrogen and oxygen atoms in total. The van der Waals surface area contributed by atoms with Gasteiger partial charge in [0.1, 0.15) is 17.2 Å². The largest absolute Gasteiger partial charge is 0.472 e. The number of nitrogens with one attached hydrogen (secondary N) is 2. The lowest BCUT2D eigenvalue weighted by Crippen LogP contribution is -2.56. The summed E-state index contributed by atoms with van der Waals surface area (Å²) in [6, 6.07) is 12.4. The number of furan rings is 1. The van der Waals surface area contributed by atoms with E-state index in [2.05, 4.69) is 42.2 Å². The van der Waals surface area contributed by atoms with Crippen LogP contribution in [0.3, 0.4) is 0 Å². The molecule has 7 rings (SSSR count). The van der Waals surface area contributed by atoms with E-state index in [4.69, 9.17) is 15.1 Å². The van der Waals surface area contributed by atoms with Gasteiger partial charge in [0.15, 0.2) is 0 Å². The first kappa shape index (κ1) is 19.0. The van der Waals surface area contributed by atoms with E-state index in [1.54, 1.807) is 31.1 Å². The van der Waals surface area contributed by atoms with Crippen LogP contribution in [0.5, 0.6) is 0 Å². The third kappa shape index (κ3) is 2.98. The van der Waals surface area contributed by atoms with Crippen molar-refractivity contribution in [3.8, 4) is 33.8 Å². The molecule has 0 saturated carbocycles. The van der Waals surface area contributed by atoms with Crippen molar-refractivity contribution in [3.63, 3.8) is 0 Å². The van der Waals surface area contributed by atoms with Gasteiger partial charge in [-0.05, 0) is 35.9 Å². The van der Waals surface area contributed by atoms with Crippen LogP contribution in [0.2, 0.25) is 0 Å². The van der Waals surface area contributed by atoms with Gasteiger partial charge in [-0.15, -0.1) is 0 Å². The van der Waals surface area contributed by atoms with Crippen molar-refractivity contribution in [1.29, 1.82) is 0 Å². The molecule has 9 heteroatoms. The van der Waals surface area contributed by atoms with Crippen LogP contribution >= 0.6 is 0 Å². The van der Waals surface area contributed by atoms with E-state index in [1.165, 1.54) is 0 Å². The number of aromatic nitrogens is 6. The fraction of sp³-hybridized carbons (Fsp3) is 0.120. The van der Waals surface area contributed by atoms with Crippen molar-refractivity contribution in [3.05, 3.63) is 67.5 Å². The minimum absolute atomic E-state index is 0.204. The third-order valence-corrected chi connectivity index (χ3v) is 6.33. The Morgan fingerprint density at radius 2 is 1.97 bits per heavy atom. The van der Waals surface area contributed by atoms with Gasteiger partial charge < -0.3 is 20.0 Å². The maximum absolute atomic E-state index is 5.93. The lowest BCUT2D eigenvalue weighted by molar-refractivity contribution is 0.514. The summed E-state index contributed by atoms with van der Waals surface area (Å²) in [4.78, 5) is 19.3. The molecule has 6 aromatic rings. The van der Waals surface area contributed by atoms with Crippen molar-refractivity contribution in [2.24, 2.45) is 5.73 Å². The van der Waals surface area contributed by atoms with Gasteiger partial charge in [0.25, 0.3) is 0 Å². The molecule has 166 valence electrons. The maximum Gasteiger partial charge on any atom is 0.147 e. The Balaban J connectivity index is 1.31. The number of hydrogen-bond acceptors (Lipinski definition) is 7. The number of fused-ring (bicyclic) bond motifs is 2. The molecule has 34 heavy (non-hydrogen) atoms. The molecule has 6 heterocycles. The Bertz CT molecular complexity index is 1640. The second-order valence-electron chi connectivity index (χ2n) is 8.58. The molecule has 1 saturated heterocycles. The monoisotopic (exact) mass is 448 g/mol. The Morgan fingerprint density at radius 1 is 1.03 bits per heavy atom. The highest BCUT2D eigenvalue weighted by molar-refractivity contribution is 6.00. The molecule has 0 atom stereocenters. The van der Waals surface area contributed by atoms with E-state index < -0.39 is 0 Å². The normalized spacial score (nSPS) is 14.2. The highest BCUT2D eigenvalue weighted by atomic mass is 16.3. The van der Waals surface area contributed by atoms with Crippen LogP contribution < -0.4 is 10.6 Å². The van der Waals surface area contributed by atoms with Crippen molar-refractivity contribution in [1.82, 2.24) is 30.1 Å². The minimum atomic E-state index is 0.204. The smallest absolute Gasteiger partial charge is 0.147 e. The third-order valence-electron chi connectivity index (χ3n) is 6.33. The summed E-state index contributed by atoms with van der Waals surface area (Å²) in [6.45, 7) is 1.61. The quantitative estimate of drug-likeness (QED) is 0.372. The number of H-pyrrole nitrogens is 2. The second kappa shape index (κ2) is 7.26. The molecule has 1 fully saturated rings. The molecule has 5 aromatic heterocycles.